The molecule has 2 heterocycles. The molecule has 0 amide bonds. The number of hydrogen-bond donors (Lipinski definition) is 1. The first-order chi connectivity index (χ1) is 10.1. The second-order valence-electron chi connectivity index (χ2n) is 4.75. The van der Waals surface area contributed by atoms with E-state index in [1.807, 2.05) is 49.5 Å². The van der Waals surface area contributed by atoms with Crippen molar-refractivity contribution in [2.24, 2.45) is 0 Å². The number of benzene rings is 1. The van der Waals surface area contributed by atoms with E-state index < -0.39 is 5.97 Å². The molecule has 0 spiro atoms. The summed E-state index contributed by atoms with van der Waals surface area (Å²) in [5.74, 6) is 0.246. The summed E-state index contributed by atoms with van der Waals surface area (Å²) in [6.07, 6.45) is 1.86. The zero-order valence-electron chi connectivity index (χ0n) is 11.5. The molecule has 0 fully saturated rings. The fourth-order valence-corrected chi connectivity index (χ4v) is 2.18. The molecule has 21 heavy (non-hydrogen) atoms. The predicted octanol–water partition coefficient (Wildman–Crippen LogP) is 2.92. The van der Waals surface area contributed by atoms with Gasteiger partial charge in [0.15, 0.2) is 11.5 Å². The number of aromatic nitrogens is 2. The molecule has 3 rings (SSSR count). The van der Waals surface area contributed by atoms with Gasteiger partial charge in [-0.05, 0) is 30.7 Å². The third kappa shape index (κ3) is 2.58. The average molecular weight is 282 g/mol. The Kier molecular flexibility index (Phi) is 3.31. The first-order valence-corrected chi connectivity index (χ1v) is 6.54. The minimum atomic E-state index is -1.04. The number of ether oxygens (including phenoxy) is 1. The Morgan fingerprint density at radius 3 is 2.71 bits per heavy atom. The number of aryl methyl sites for hydroxylation is 1. The van der Waals surface area contributed by atoms with E-state index >= 15 is 0 Å². The number of hydrogen-bond acceptors (Lipinski definition) is 3. The van der Waals surface area contributed by atoms with E-state index in [0.29, 0.717) is 11.3 Å². The minimum Gasteiger partial charge on any atom is -0.486 e. The van der Waals surface area contributed by atoms with Crippen LogP contribution in [0.4, 0.5) is 0 Å². The molecular formula is C16H14N2O3. The number of carbonyl (C=O) groups is 1. The zero-order valence-corrected chi connectivity index (χ0v) is 11.5. The molecular weight excluding hydrogens is 268 g/mol. The number of fused-ring (bicyclic) bond motifs is 1. The molecule has 0 atom stereocenters. The SMILES string of the molecule is Cc1ccc2c(C(=O)O)nc(COc3ccccc3)n2c1. The number of imidazole rings is 1. The van der Waals surface area contributed by atoms with Crippen LogP contribution in [0.5, 0.6) is 5.75 Å². The van der Waals surface area contributed by atoms with Gasteiger partial charge in [0.05, 0.1) is 5.52 Å². The van der Waals surface area contributed by atoms with E-state index in [1.165, 1.54) is 0 Å². The molecule has 0 bridgehead atoms. The van der Waals surface area contributed by atoms with Gasteiger partial charge in [0.25, 0.3) is 0 Å². The first-order valence-electron chi connectivity index (χ1n) is 6.54. The van der Waals surface area contributed by atoms with Gasteiger partial charge >= 0.3 is 5.97 Å². The molecule has 2 aromatic heterocycles. The third-order valence-corrected chi connectivity index (χ3v) is 3.17. The van der Waals surface area contributed by atoms with Crippen LogP contribution >= 0.6 is 0 Å². The molecule has 106 valence electrons. The van der Waals surface area contributed by atoms with Gasteiger partial charge in [-0.15, -0.1) is 0 Å². The fraction of sp³-hybridized carbons (Fsp3) is 0.125. The van der Waals surface area contributed by atoms with Gasteiger partial charge in [0.1, 0.15) is 12.4 Å². The topological polar surface area (TPSA) is 63.8 Å². The van der Waals surface area contributed by atoms with E-state index in [9.17, 15) is 9.90 Å². The van der Waals surface area contributed by atoms with Crippen LogP contribution in [-0.4, -0.2) is 20.5 Å². The minimum absolute atomic E-state index is 0.0432. The second kappa shape index (κ2) is 5.28. The number of carboxylic acids is 1. The van der Waals surface area contributed by atoms with E-state index in [-0.39, 0.29) is 12.3 Å². The molecule has 5 heteroatoms. The van der Waals surface area contributed by atoms with Crippen LogP contribution in [0, 0.1) is 6.92 Å². The summed E-state index contributed by atoms with van der Waals surface area (Å²) in [5, 5.41) is 9.23. The maximum atomic E-state index is 11.3. The molecule has 0 aliphatic carbocycles. The van der Waals surface area contributed by atoms with E-state index in [4.69, 9.17) is 4.74 Å². The lowest BCUT2D eigenvalue weighted by molar-refractivity contribution is 0.0693. The summed E-state index contributed by atoms with van der Waals surface area (Å²) in [7, 11) is 0. The van der Waals surface area contributed by atoms with Gasteiger partial charge in [-0.1, -0.05) is 24.3 Å². The van der Waals surface area contributed by atoms with Crippen molar-refractivity contribution in [1.82, 2.24) is 9.38 Å². The van der Waals surface area contributed by atoms with Crippen molar-refractivity contribution in [3.63, 3.8) is 0 Å². The van der Waals surface area contributed by atoms with Crippen LogP contribution < -0.4 is 4.74 Å². The zero-order chi connectivity index (χ0) is 14.8. The Morgan fingerprint density at radius 1 is 1.24 bits per heavy atom. The highest BCUT2D eigenvalue weighted by molar-refractivity contribution is 5.93. The molecule has 0 aliphatic rings. The lowest BCUT2D eigenvalue weighted by atomic mass is 10.2. The van der Waals surface area contributed by atoms with Crippen LogP contribution in [0.15, 0.2) is 48.7 Å². The van der Waals surface area contributed by atoms with Gasteiger partial charge in [0, 0.05) is 6.20 Å². The second-order valence-corrected chi connectivity index (χ2v) is 4.75. The number of pyridine rings is 1. The highest BCUT2D eigenvalue weighted by Crippen LogP contribution is 2.17. The lowest BCUT2D eigenvalue weighted by Gasteiger charge is -2.05. The third-order valence-electron chi connectivity index (χ3n) is 3.17. The standard InChI is InChI=1S/C16H14N2O3/c1-11-7-8-13-15(16(19)20)17-14(18(13)9-11)10-21-12-5-3-2-4-6-12/h2-9H,10H2,1H3,(H,19,20). The molecule has 1 N–H and O–H groups in total. The van der Waals surface area contributed by atoms with Crippen molar-refractivity contribution in [2.45, 2.75) is 13.5 Å². The number of nitrogens with zero attached hydrogens (tertiary/aromatic N) is 2. The average Bonchev–Trinajstić information content (AvgIpc) is 2.84. The van der Waals surface area contributed by atoms with Crippen molar-refractivity contribution in [3.8, 4) is 5.75 Å². The van der Waals surface area contributed by atoms with Gasteiger partial charge in [-0.25, -0.2) is 9.78 Å². The van der Waals surface area contributed by atoms with Crippen molar-refractivity contribution < 1.29 is 14.6 Å². The van der Waals surface area contributed by atoms with Crippen LogP contribution in [0.3, 0.4) is 0 Å². The molecule has 0 unspecified atom stereocenters. The number of para-hydroxylation sites is 1. The van der Waals surface area contributed by atoms with Crippen molar-refractivity contribution in [2.75, 3.05) is 0 Å². The maximum absolute atomic E-state index is 11.3. The number of carboxylic acid groups (broad SMARTS) is 1. The molecule has 5 nitrogen and oxygen atoms in total. The lowest BCUT2D eigenvalue weighted by Crippen LogP contribution is -2.01. The highest BCUT2D eigenvalue weighted by atomic mass is 16.5. The normalized spacial score (nSPS) is 10.7. The monoisotopic (exact) mass is 282 g/mol. The van der Waals surface area contributed by atoms with Gasteiger partial charge < -0.3 is 9.84 Å². The van der Waals surface area contributed by atoms with E-state index in [1.54, 1.807) is 10.5 Å². The summed E-state index contributed by atoms with van der Waals surface area (Å²) < 4.78 is 7.42. The summed E-state index contributed by atoms with van der Waals surface area (Å²) >= 11 is 0. The molecule has 1 aromatic carbocycles. The largest absolute Gasteiger partial charge is 0.486 e. The Morgan fingerprint density at radius 2 is 2.00 bits per heavy atom. The van der Waals surface area contributed by atoms with E-state index in [2.05, 4.69) is 4.98 Å². The van der Waals surface area contributed by atoms with Crippen molar-refractivity contribution in [3.05, 3.63) is 65.7 Å². The molecule has 0 saturated heterocycles. The molecule has 3 aromatic rings. The molecule has 0 aliphatic heterocycles. The number of rotatable bonds is 4. The van der Waals surface area contributed by atoms with Gasteiger partial charge in [0.2, 0.25) is 0 Å². The molecule has 0 saturated carbocycles. The van der Waals surface area contributed by atoms with Crippen LogP contribution in [0.25, 0.3) is 5.52 Å². The van der Waals surface area contributed by atoms with Crippen LogP contribution in [-0.2, 0) is 6.61 Å². The fourth-order valence-electron chi connectivity index (χ4n) is 2.18. The Labute approximate surface area is 121 Å². The molecule has 0 radical (unpaired) electrons. The summed E-state index contributed by atoms with van der Waals surface area (Å²) in [6, 6.07) is 13.0. The quantitative estimate of drug-likeness (QED) is 0.799. The Hall–Kier alpha value is -2.82. The summed E-state index contributed by atoms with van der Waals surface area (Å²) in [6.45, 7) is 2.16. The Bertz CT molecular complexity index is 794. The summed E-state index contributed by atoms with van der Waals surface area (Å²) in [5.41, 5.74) is 1.64. The van der Waals surface area contributed by atoms with Crippen molar-refractivity contribution in [1.29, 1.82) is 0 Å². The van der Waals surface area contributed by atoms with Crippen LogP contribution in [0.1, 0.15) is 21.9 Å². The summed E-state index contributed by atoms with van der Waals surface area (Å²) in [4.78, 5) is 15.5. The smallest absolute Gasteiger partial charge is 0.356 e. The van der Waals surface area contributed by atoms with Gasteiger partial charge in [-0.3, -0.25) is 4.40 Å². The Balaban J connectivity index is 1.98. The first kappa shape index (κ1) is 13.2. The maximum Gasteiger partial charge on any atom is 0.356 e. The predicted molar refractivity (Wildman–Crippen MR) is 77.7 cm³/mol. The highest BCUT2D eigenvalue weighted by Gasteiger charge is 2.16. The number of aromatic carboxylic acids is 1. The van der Waals surface area contributed by atoms with E-state index in [0.717, 1.165) is 11.3 Å². The van der Waals surface area contributed by atoms with Gasteiger partial charge in [-0.2, -0.15) is 0 Å². The van der Waals surface area contributed by atoms with Crippen LogP contribution in [0.2, 0.25) is 0 Å². The van der Waals surface area contributed by atoms with Crippen molar-refractivity contribution >= 4 is 11.5 Å².